The third-order valence-corrected chi connectivity index (χ3v) is 9.69. The molecule has 11 nitrogen and oxygen atoms in total. The molecule has 0 aromatic carbocycles. The molecule has 1 aliphatic heterocycles. The zero-order valence-corrected chi connectivity index (χ0v) is 29.7. The van der Waals surface area contributed by atoms with Gasteiger partial charge in [0.2, 0.25) is 17.6 Å². The van der Waals surface area contributed by atoms with Crippen LogP contribution in [0.2, 0.25) is 0 Å². The lowest BCUT2D eigenvalue weighted by Gasteiger charge is -2.38. The fourth-order valence-electron chi connectivity index (χ4n) is 6.15. The summed E-state index contributed by atoms with van der Waals surface area (Å²) in [6, 6.07) is -3.43. The van der Waals surface area contributed by atoms with Gasteiger partial charge in [-0.05, 0) is 66.6 Å². The second-order valence-electron chi connectivity index (χ2n) is 15.5. The lowest BCUT2D eigenvalue weighted by molar-refractivity contribution is -0.144. The van der Waals surface area contributed by atoms with Crippen molar-refractivity contribution < 1.29 is 24.0 Å². The number of carbonyl (C=O) groups is 5. The molecule has 0 bridgehead atoms. The third kappa shape index (κ3) is 11.4. The van der Waals surface area contributed by atoms with Crippen molar-refractivity contribution in [1.29, 1.82) is 0 Å². The molecule has 0 spiro atoms. The van der Waals surface area contributed by atoms with Crippen LogP contribution in [0.3, 0.4) is 0 Å². The van der Waals surface area contributed by atoms with E-state index in [4.69, 9.17) is 5.73 Å². The number of primary amides is 1. The molecule has 1 heterocycles. The second kappa shape index (κ2) is 17.0. The Morgan fingerprint density at radius 2 is 1.56 bits per heavy atom. The van der Waals surface area contributed by atoms with E-state index in [-0.39, 0.29) is 35.1 Å². The van der Waals surface area contributed by atoms with Crippen LogP contribution in [0.1, 0.15) is 100 Å². The van der Waals surface area contributed by atoms with Gasteiger partial charge in [-0.25, -0.2) is 4.79 Å². The number of nitrogens with two attached hydrogens (primary N) is 1. The predicted octanol–water partition coefficient (Wildman–Crippen LogP) is 3.02. The van der Waals surface area contributed by atoms with E-state index < -0.39 is 47.2 Å². The number of hydrogen-bond donors (Lipinski definition) is 6. The van der Waals surface area contributed by atoms with Crippen molar-refractivity contribution in [2.24, 2.45) is 34.3 Å². The van der Waals surface area contributed by atoms with Gasteiger partial charge in [-0.1, -0.05) is 74.7 Å². The van der Waals surface area contributed by atoms with E-state index >= 15 is 0 Å². The highest BCUT2D eigenvalue weighted by Crippen LogP contribution is 2.34. The summed E-state index contributed by atoms with van der Waals surface area (Å²) in [4.78, 5) is 67.7. The molecule has 12 heteroatoms. The highest BCUT2D eigenvalue weighted by Gasteiger charge is 2.48. The van der Waals surface area contributed by atoms with Crippen LogP contribution < -0.4 is 27.0 Å². The number of Topliss-reactive ketones (excluding diaryl/α,β-unsaturated/α-hetero) is 1. The molecule has 1 aliphatic carbocycles. The normalized spacial score (nSPS) is 21.1. The number of rotatable bonds is 16. The SMILES string of the molecule is CC(C)[C@H]1CCN(C(=O)[C@@H](NC(=O)N[C@H](CNCCCCS)C(C)(C)C)C(C)(C)C)[C@@H]1C(=O)NC(CC1CCC1)C(=O)C(N)=O. The number of nitrogens with zero attached hydrogens (tertiary/aromatic N) is 1. The summed E-state index contributed by atoms with van der Waals surface area (Å²) >= 11 is 4.26. The van der Waals surface area contributed by atoms with Crippen LogP contribution in [0.25, 0.3) is 0 Å². The van der Waals surface area contributed by atoms with E-state index in [1.807, 2.05) is 34.6 Å². The Balaban J connectivity index is 2.25. The number of urea groups is 1. The Labute approximate surface area is 276 Å². The summed E-state index contributed by atoms with van der Waals surface area (Å²) in [5.41, 5.74) is 4.43. The maximum Gasteiger partial charge on any atom is 0.315 e. The Kier molecular flexibility index (Phi) is 14.7. The molecule has 1 saturated heterocycles. The molecule has 5 atom stereocenters. The van der Waals surface area contributed by atoms with Crippen molar-refractivity contribution in [2.45, 2.75) is 125 Å². The molecule has 2 aliphatic rings. The summed E-state index contributed by atoms with van der Waals surface area (Å²) in [6.07, 6.45) is 5.88. The molecule has 0 aromatic heterocycles. The van der Waals surface area contributed by atoms with Gasteiger partial charge < -0.3 is 31.9 Å². The second-order valence-corrected chi connectivity index (χ2v) is 15.9. The fourth-order valence-corrected chi connectivity index (χ4v) is 6.37. The van der Waals surface area contributed by atoms with Crippen LogP contribution in [0.5, 0.6) is 0 Å². The van der Waals surface area contributed by atoms with Crippen molar-refractivity contribution in [1.82, 2.24) is 26.2 Å². The molecule has 258 valence electrons. The Bertz CT molecular complexity index is 1040. The first-order valence-electron chi connectivity index (χ1n) is 16.7. The topological polar surface area (TPSA) is 163 Å². The largest absolute Gasteiger partial charge is 0.363 e. The minimum absolute atomic E-state index is 0.0765. The summed E-state index contributed by atoms with van der Waals surface area (Å²) < 4.78 is 0. The molecule has 0 radical (unpaired) electrons. The predicted molar refractivity (Wildman–Crippen MR) is 181 cm³/mol. The van der Waals surface area contributed by atoms with Crippen molar-refractivity contribution in [3.05, 3.63) is 0 Å². The highest BCUT2D eigenvalue weighted by molar-refractivity contribution is 7.80. The van der Waals surface area contributed by atoms with Crippen LogP contribution >= 0.6 is 12.6 Å². The molecule has 0 aromatic rings. The zero-order chi connectivity index (χ0) is 34.1. The Morgan fingerprint density at radius 1 is 0.911 bits per heavy atom. The Hall–Kier alpha value is -2.34. The number of thiol groups is 1. The average Bonchev–Trinajstić information content (AvgIpc) is 3.36. The summed E-state index contributed by atoms with van der Waals surface area (Å²) in [6.45, 7) is 17.6. The molecule has 45 heavy (non-hydrogen) atoms. The van der Waals surface area contributed by atoms with Gasteiger partial charge in [-0.15, -0.1) is 0 Å². The number of nitrogens with one attached hydrogen (secondary N) is 4. The number of hydrogen-bond acceptors (Lipinski definition) is 7. The van der Waals surface area contributed by atoms with Crippen molar-refractivity contribution in [3.63, 3.8) is 0 Å². The summed E-state index contributed by atoms with van der Waals surface area (Å²) in [5.74, 6) is -1.72. The van der Waals surface area contributed by atoms with Crippen LogP contribution in [-0.2, 0) is 19.2 Å². The molecular weight excluding hydrogens is 592 g/mol. The quantitative estimate of drug-likeness (QED) is 0.0853. The fraction of sp³-hybridized carbons (Fsp3) is 0.848. The first kappa shape index (κ1) is 38.8. The van der Waals surface area contributed by atoms with Gasteiger partial charge in [0.1, 0.15) is 12.1 Å². The van der Waals surface area contributed by atoms with Crippen molar-refractivity contribution >= 4 is 42.2 Å². The maximum atomic E-state index is 14.3. The van der Waals surface area contributed by atoms with Gasteiger partial charge in [0.05, 0.1) is 6.04 Å². The van der Waals surface area contributed by atoms with E-state index in [9.17, 15) is 24.0 Å². The molecule has 6 N–H and O–H groups in total. The monoisotopic (exact) mass is 652 g/mol. The van der Waals surface area contributed by atoms with Gasteiger partial charge in [0.25, 0.3) is 5.91 Å². The highest BCUT2D eigenvalue weighted by atomic mass is 32.1. The molecule has 5 amide bonds. The third-order valence-electron chi connectivity index (χ3n) is 9.37. The van der Waals surface area contributed by atoms with Gasteiger partial charge in [0.15, 0.2) is 0 Å². The molecule has 1 unspecified atom stereocenters. The van der Waals surface area contributed by atoms with Crippen LogP contribution in [0.15, 0.2) is 0 Å². The average molecular weight is 653 g/mol. The van der Waals surface area contributed by atoms with Crippen molar-refractivity contribution in [3.8, 4) is 0 Å². The minimum Gasteiger partial charge on any atom is -0.363 e. The number of unbranched alkanes of at least 4 members (excludes halogenated alkanes) is 1. The Morgan fingerprint density at radius 3 is 2.04 bits per heavy atom. The smallest absolute Gasteiger partial charge is 0.315 e. The molecular formula is C33H60N6O5S. The first-order chi connectivity index (χ1) is 20.9. The molecule has 1 saturated carbocycles. The first-order valence-corrected chi connectivity index (χ1v) is 17.3. The van der Waals surface area contributed by atoms with E-state index in [0.717, 1.165) is 44.4 Å². The van der Waals surface area contributed by atoms with Gasteiger partial charge >= 0.3 is 6.03 Å². The number of likely N-dealkylation sites (tertiary alicyclic amines) is 1. The van der Waals surface area contributed by atoms with E-state index in [1.165, 1.54) is 0 Å². The van der Waals surface area contributed by atoms with E-state index in [2.05, 4.69) is 54.7 Å². The standard InChI is InChI=1S/C33H60N6O5S/c1-20(2)22-14-16-39(25(22)29(42)36-23(26(40)28(34)41)18-21-12-11-13-21)30(43)27(33(6,7)8)38-31(44)37-24(32(3,4)5)19-35-15-9-10-17-45/h20-25,27,35,45H,9-19H2,1-8H3,(H2,34,41)(H,36,42)(H2,37,38,44)/t22-,23?,24-,25+,27-/m1/s1. The lowest BCUT2D eigenvalue weighted by atomic mass is 9.80. The number of ketones is 1. The van der Waals surface area contributed by atoms with E-state index in [0.29, 0.717) is 25.9 Å². The van der Waals surface area contributed by atoms with E-state index in [1.54, 1.807) is 4.90 Å². The maximum absolute atomic E-state index is 14.3. The summed E-state index contributed by atoms with van der Waals surface area (Å²) in [5, 5.41) is 12.2. The van der Waals surface area contributed by atoms with Gasteiger partial charge in [0, 0.05) is 19.1 Å². The lowest BCUT2D eigenvalue weighted by Crippen LogP contribution is -2.62. The zero-order valence-electron chi connectivity index (χ0n) is 28.8. The molecule has 2 rings (SSSR count). The molecule has 2 fully saturated rings. The van der Waals surface area contributed by atoms with Gasteiger partial charge in [-0.3, -0.25) is 19.2 Å². The van der Waals surface area contributed by atoms with Crippen LogP contribution in [0, 0.1) is 28.6 Å². The van der Waals surface area contributed by atoms with Crippen LogP contribution in [0.4, 0.5) is 4.79 Å². The van der Waals surface area contributed by atoms with Crippen molar-refractivity contribution in [2.75, 3.05) is 25.4 Å². The minimum atomic E-state index is -1.08. The number of amides is 5. The summed E-state index contributed by atoms with van der Waals surface area (Å²) in [7, 11) is 0. The van der Waals surface area contributed by atoms with Gasteiger partial charge in [-0.2, -0.15) is 12.6 Å². The number of carbonyl (C=O) groups excluding carboxylic acids is 5. The van der Waals surface area contributed by atoms with Crippen LogP contribution in [-0.4, -0.2) is 84.0 Å².